The van der Waals surface area contributed by atoms with Crippen LogP contribution in [0.15, 0.2) is 42.0 Å². The van der Waals surface area contributed by atoms with E-state index >= 15 is 0 Å². The van der Waals surface area contributed by atoms with Crippen molar-refractivity contribution in [2.45, 2.75) is 0 Å². The summed E-state index contributed by atoms with van der Waals surface area (Å²) in [5, 5.41) is 5.27. The first-order chi connectivity index (χ1) is 11.2. The minimum Gasteiger partial charge on any atom is -0.497 e. The van der Waals surface area contributed by atoms with Gasteiger partial charge < -0.3 is 4.74 Å². The summed E-state index contributed by atoms with van der Waals surface area (Å²) in [5.41, 5.74) is 1.89. The van der Waals surface area contributed by atoms with Crippen LogP contribution in [0.1, 0.15) is 10.5 Å². The minimum atomic E-state index is -0.384. The number of thiazole rings is 1. The van der Waals surface area contributed by atoms with E-state index in [0.29, 0.717) is 5.13 Å². The van der Waals surface area contributed by atoms with E-state index in [0.717, 1.165) is 17.0 Å². The van der Waals surface area contributed by atoms with E-state index < -0.39 is 0 Å². The second-order valence-electron chi connectivity index (χ2n) is 4.44. The molecule has 1 N–H and O–H groups in total. The van der Waals surface area contributed by atoms with E-state index in [9.17, 15) is 4.79 Å². The minimum absolute atomic E-state index is 0.176. The third-order valence-corrected chi connectivity index (χ3v) is 3.92. The Morgan fingerprint density at radius 3 is 2.65 bits per heavy atom. The Balaban J connectivity index is 1.73. The second kappa shape index (κ2) is 6.72. The third-order valence-electron chi connectivity index (χ3n) is 2.96. The molecule has 0 radical (unpaired) electrons. The van der Waals surface area contributed by atoms with Crippen molar-refractivity contribution in [3.8, 4) is 17.0 Å². The molecule has 0 saturated heterocycles. The van der Waals surface area contributed by atoms with Gasteiger partial charge in [0.15, 0.2) is 5.13 Å². The molecular weight excluding hydrogens is 336 g/mol. The first kappa shape index (κ1) is 15.4. The Kier molecular flexibility index (Phi) is 4.50. The summed E-state index contributed by atoms with van der Waals surface area (Å²) in [4.78, 5) is 24.2. The molecule has 0 unspecified atom stereocenters. The average molecular weight is 347 g/mol. The van der Waals surface area contributed by atoms with Gasteiger partial charge in [0.1, 0.15) is 16.6 Å². The maximum Gasteiger partial charge on any atom is 0.277 e. The van der Waals surface area contributed by atoms with Crippen LogP contribution in [-0.2, 0) is 0 Å². The van der Waals surface area contributed by atoms with Crippen molar-refractivity contribution < 1.29 is 9.53 Å². The number of hydrogen-bond donors (Lipinski definition) is 1. The predicted octanol–water partition coefficient (Wildman–Crippen LogP) is 3.51. The summed E-state index contributed by atoms with van der Waals surface area (Å²) in [7, 11) is 1.62. The van der Waals surface area contributed by atoms with Gasteiger partial charge in [-0.05, 0) is 24.3 Å². The lowest BCUT2D eigenvalue weighted by Crippen LogP contribution is -2.13. The van der Waals surface area contributed by atoms with E-state index in [1.165, 1.54) is 23.7 Å². The maximum atomic E-state index is 12.0. The van der Waals surface area contributed by atoms with Crippen LogP contribution in [0.4, 0.5) is 5.13 Å². The number of hydrogen-bond acceptors (Lipinski definition) is 6. The summed E-state index contributed by atoms with van der Waals surface area (Å²) >= 11 is 6.98. The molecule has 1 amide bonds. The van der Waals surface area contributed by atoms with Gasteiger partial charge in [0.25, 0.3) is 5.91 Å². The Morgan fingerprint density at radius 1 is 1.22 bits per heavy atom. The number of methoxy groups -OCH3 is 1. The van der Waals surface area contributed by atoms with Crippen molar-refractivity contribution in [1.29, 1.82) is 0 Å². The van der Waals surface area contributed by atoms with Gasteiger partial charge in [0.2, 0.25) is 0 Å². The summed E-state index contributed by atoms with van der Waals surface area (Å²) in [5.74, 6) is 0.392. The molecular formula is C15H11ClN4O2S. The van der Waals surface area contributed by atoms with Gasteiger partial charge in [-0.1, -0.05) is 11.6 Å². The molecule has 0 aliphatic heterocycles. The highest BCUT2D eigenvalue weighted by Crippen LogP contribution is 2.26. The van der Waals surface area contributed by atoms with Crippen LogP contribution in [0.25, 0.3) is 11.3 Å². The topological polar surface area (TPSA) is 77.0 Å². The van der Waals surface area contributed by atoms with Gasteiger partial charge >= 0.3 is 0 Å². The Labute approximate surface area is 141 Å². The molecule has 23 heavy (non-hydrogen) atoms. The van der Waals surface area contributed by atoms with Crippen molar-refractivity contribution in [2.75, 3.05) is 12.4 Å². The van der Waals surface area contributed by atoms with Crippen molar-refractivity contribution in [1.82, 2.24) is 15.0 Å². The normalized spacial score (nSPS) is 10.3. The lowest BCUT2D eigenvalue weighted by molar-refractivity contribution is 0.102. The van der Waals surface area contributed by atoms with E-state index in [4.69, 9.17) is 16.3 Å². The number of nitrogens with zero attached hydrogens (tertiary/aromatic N) is 3. The maximum absolute atomic E-state index is 12.0. The number of carbonyl (C=O) groups excluding carboxylic acids is 1. The van der Waals surface area contributed by atoms with Crippen LogP contribution in [0.5, 0.6) is 5.75 Å². The zero-order valence-corrected chi connectivity index (χ0v) is 13.6. The highest BCUT2D eigenvalue weighted by Gasteiger charge is 2.11. The number of benzene rings is 1. The van der Waals surface area contributed by atoms with Gasteiger partial charge in [0.05, 0.1) is 25.2 Å². The van der Waals surface area contributed by atoms with Crippen molar-refractivity contribution in [3.63, 3.8) is 0 Å². The lowest BCUT2D eigenvalue weighted by atomic mass is 10.2. The number of aromatic nitrogens is 3. The van der Waals surface area contributed by atoms with Crippen LogP contribution in [0.2, 0.25) is 5.15 Å². The zero-order chi connectivity index (χ0) is 16.2. The van der Waals surface area contributed by atoms with Gasteiger partial charge in [-0.2, -0.15) is 0 Å². The lowest BCUT2D eigenvalue weighted by Gasteiger charge is -2.01. The number of nitrogens with one attached hydrogen (secondary N) is 1. The molecule has 2 aromatic heterocycles. The van der Waals surface area contributed by atoms with Crippen LogP contribution in [-0.4, -0.2) is 28.0 Å². The Morgan fingerprint density at radius 2 is 2.00 bits per heavy atom. The average Bonchev–Trinajstić information content (AvgIpc) is 3.04. The molecule has 3 rings (SSSR count). The van der Waals surface area contributed by atoms with Crippen LogP contribution in [0.3, 0.4) is 0 Å². The smallest absolute Gasteiger partial charge is 0.277 e. The molecule has 0 aliphatic rings. The van der Waals surface area contributed by atoms with Crippen molar-refractivity contribution >= 4 is 34.0 Å². The number of ether oxygens (including phenoxy) is 1. The Hall–Kier alpha value is -2.51. The van der Waals surface area contributed by atoms with Crippen LogP contribution < -0.4 is 10.1 Å². The zero-order valence-electron chi connectivity index (χ0n) is 12.0. The summed E-state index contributed by atoms with van der Waals surface area (Å²) in [6.45, 7) is 0. The molecule has 0 spiro atoms. The van der Waals surface area contributed by atoms with E-state index in [1.807, 2.05) is 29.6 Å². The third kappa shape index (κ3) is 3.64. The number of halogens is 1. The predicted molar refractivity (Wildman–Crippen MR) is 89.1 cm³/mol. The molecule has 2 heterocycles. The van der Waals surface area contributed by atoms with E-state index in [2.05, 4.69) is 20.3 Å². The second-order valence-corrected chi connectivity index (χ2v) is 5.69. The van der Waals surface area contributed by atoms with E-state index in [-0.39, 0.29) is 16.8 Å². The van der Waals surface area contributed by atoms with Gasteiger partial charge in [0, 0.05) is 10.9 Å². The molecule has 1 aromatic carbocycles. The molecule has 0 atom stereocenters. The number of amides is 1. The fourth-order valence-electron chi connectivity index (χ4n) is 1.82. The molecule has 3 aromatic rings. The first-order valence-electron chi connectivity index (χ1n) is 6.54. The fourth-order valence-corrected chi connectivity index (χ4v) is 2.63. The fraction of sp³-hybridized carbons (Fsp3) is 0.0667. The van der Waals surface area contributed by atoms with Gasteiger partial charge in [-0.25, -0.2) is 15.0 Å². The number of carbonyl (C=O) groups is 1. The quantitative estimate of drug-likeness (QED) is 0.782. The van der Waals surface area contributed by atoms with Crippen LogP contribution in [0, 0.1) is 0 Å². The highest BCUT2D eigenvalue weighted by atomic mass is 35.5. The first-order valence-corrected chi connectivity index (χ1v) is 7.80. The monoisotopic (exact) mass is 346 g/mol. The molecule has 0 aliphatic carbocycles. The van der Waals surface area contributed by atoms with Crippen molar-refractivity contribution in [3.05, 3.63) is 52.9 Å². The standard InChI is InChI=1S/C15H11ClN4O2S/c1-22-10-4-2-9(3-5-10)12-8-23-15(19-12)20-14(21)11-6-18-13(16)7-17-11/h2-8H,1H3,(H,19,20,21). The summed E-state index contributed by atoms with van der Waals surface area (Å²) in [6.07, 6.45) is 2.64. The highest BCUT2D eigenvalue weighted by molar-refractivity contribution is 7.14. The molecule has 0 bridgehead atoms. The van der Waals surface area contributed by atoms with Gasteiger partial charge in [-0.3, -0.25) is 10.1 Å². The van der Waals surface area contributed by atoms with E-state index in [1.54, 1.807) is 7.11 Å². The van der Waals surface area contributed by atoms with Crippen molar-refractivity contribution in [2.24, 2.45) is 0 Å². The van der Waals surface area contributed by atoms with Crippen LogP contribution >= 0.6 is 22.9 Å². The number of anilines is 1. The molecule has 0 fully saturated rings. The summed E-state index contributed by atoms with van der Waals surface area (Å²) < 4.78 is 5.12. The van der Waals surface area contributed by atoms with Gasteiger partial charge in [-0.15, -0.1) is 11.3 Å². The summed E-state index contributed by atoms with van der Waals surface area (Å²) in [6, 6.07) is 7.53. The Bertz CT molecular complexity index is 818. The molecule has 6 nitrogen and oxygen atoms in total. The molecule has 0 saturated carbocycles. The SMILES string of the molecule is COc1ccc(-c2csc(NC(=O)c3cnc(Cl)cn3)n2)cc1. The molecule has 116 valence electrons. The number of rotatable bonds is 4. The largest absolute Gasteiger partial charge is 0.497 e. The molecule has 8 heteroatoms.